The third-order valence-electron chi connectivity index (χ3n) is 2.73. The Morgan fingerprint density at radius 3 is 2.30 bits per heavy atom. The maximum Gasteiger partial charge on any atom is 0.221 e. The molecule has 0 aliphatic carbocycles. The minimum Gasteiger partial charge on any atom is -0.350 e. The number of hydrogen-bond donors (Lipinski definition) is 2. The molecule has 1 aromatic rings. The molecule has 1 atom stereocenters. The van der Waals surface area contributed by atoms with Crippen molar-refractivity contribution in [2.75, 3.05) is 13.6 Å². The molecular formula is C15H25ClN2OS. The second-order valence-corrected chi connectivity index (χ2v) is 6.53. The number of benzene rings is 1. The molecule has 1 aromatic carbocycles. The Labute approximate surface area is 132 Å². The van der Waals surface area contributed by atoms with Crippen LogP contribution in [0.4, 0.5) is 0 Å². The van der Waals surface area contributed by atoms with E-state index >= 15 is 0 Å². The van der Waals surface area contributed by atoms with Crippen LogP contribution in [0.5, 0.6) is 0 Å². The molecule has 20 heavy (non-hydrogen) atoms. The predicted molar refractivity (Wildman–Crippen MR) is 89.8 cm³/mol. The van der Waals surface area contributed by atoms with Crippen molar-refractivity contribution in [3.05, 3.63) is 29.8 Å². The van der Waals surface area contributed by atoms with Crippen LogP contribution in [0.1, 0.15) is 38.8 Å². The average molecular weight is 317 g/mol. The van der Waals surface area contributed by atoms with Gasteiger partial charge >= 0.3 is 0 Å². The molecule has 3 nitrogen and oxygen atoms in total. The molecule has 0 spiro atoms. The maximum absolute atomic E-state index is 11.6. The largest absolute Gasteiger partial charge is 0.350 e. The molecule has 1 amide bonds. The number of rotatable bonds is 7. The van der Waals surface area contributed by atoms with Gasteiger partial charge in [0, 0.05) is 23.1 Å². The van der Waals surface area contributed by atoms with Crippen LogP contribution in [0.3, 0.4) is 0 Å². The van der Waals surface area contributed by atoms with E-state index in [0.717, 1.165) is 5.56 Å². The van der Waals surface area contributed by atoms with Crippen LogP contribution in [0.25, 0.3) is 0 Å². The maximum atomic E-state index is 11.6. The van der Waals surface area contributed by atoms with Crippen LogP contribution in [-0.2, 0) is 4.79 Å². The van der Waals surface area contributed by atoms with Crippen LogP contribution in [-0.4, -0.2) is 24.7 Å². The highest BCUT2D eigenvalue weighted by molar-refractivity contribution is 7.99. The van der Waals surface area contributed by atoms with E-state index < -0.39 is 0 Å². The molecule has 0 radical (unpaired) electrons. The highest BCUT2D eigenvalue weighted by Gasteiger charge is 2.09. The van der Waals surface area contributed by atoms with E-state index in [1.165, 1.54) is 4.90 Å². The first-order chi connectivity index (χ1) is 9.02. The van der Waals surface area contributed by atoms with Gasteiger partial charge in [0.2, 0.25) is 5.91 Å². The van der Waals surface area contributed by atoms with E-state index in [0.29, 0.717) is 18.2 Å². The van der Waals surface area contributed by atoms with Crippen LogP contribution in [0.2, 0.25) is 0 Å². The molecule has 0 aromatic heterocycles. The van der Waals surface area contributed by atoms with Crippen molar-refractivity contribution in [2.24, 2.45) is 0 Å². The number of nitrogens with one attached hydrogen (secondary N) is 2. The lowest BCUT2D eigenvalue weighted by Crippen LogP contribution is -2.29. The fraction of sp³-hybridized carbons (Fsp3) is 0.533. The number of thioether (sulfide) groups is 1. The lowest BCUT2D eigenvalue weighted by molar-refractivity contribution is -0.121. The van der Waals surface area contributed by atoms with Gasteiger partial charge in [-0.1, -0.05) is 26.0 Å². The highest BCUT2D eigenvalue weighted by Crippen LogP contribution is 2.24. The number of carbonyl (C=O) groups is 1. The summed E-state index contributed by atoms with van der Waals surface area (Å²) in [4.78, 5) is 12.9. The molecular weight excluding hydrogens is 292 g/mol. The van der Waals surface area contributed by atoms with E-state index in [9.17, 15) is 4.79 Å². The summed E-state index contributed by atoms with van der Waals surface area (Å²) in [5.41, 5.74) is 1.14. The highest BCUT2D eigenvalue weighted by atomic mass is 35.5. The lowest BCUT2D eigenvalue weighted by atomic mass is 10.1. The Bertz CT molecular complexity index is 395. The van der Waals surface area contributed by atoms with Gasteiger partial charge in [-0.2, -0.15) is 0 Å². The number of halogens is 1. The predicted octanol–water partition coefficient (Wildman–Crippen LogP) is 3.40. The van der Waals surface area contributed by atoms with Gasteiger partial charge in [0.05, 0.1) is 6.04 Å². The lowest BCUT2D eigenvalue weighted by Gasteiger charge is -2.15. The first-order valence-corrected chi connectivity index (χ1v) is 7.61. The van der Waals surface area contributed by atoms with E-state index in [4.69, 9.17) is 0 Å². The SMILES string of the molecule is CNCCC(=O)NC(C)c1ccc(SC(C)C)cc1.Cl. The summed E-state index contributed by atoms with van der Waals surface area (Å²) in [5.74, 6) is 0.0856. The minimum atomic E-state index is 0. The van der Waals surface area contributed by atoms with Crippen LogP contribution in [0, 0.1) is 0 Å². The van der Waals surface area contributed by atoms with Crippen molar-refractivity contribution in [2.45, 2.75) is 43.4 Å². The van der Waals surface area contributed by atoms with Gasteiger partial charge in [-0.3, -0.25) is 4.79 Å². The summed E-state index contributed by atoms with van der Waals surface area (Å²) in [5, 5.41) is 6.57. The standard InChI is InChI=1S/C15H24N2OS.ClH/c1-11(2)19-14-7-5-13(6-8-14)12(3)17-15(18)9-10-16-4;/h5-8,11-12,16H,9-10H2,1-4H3,(H,17,18);1H. The molecule has 1 unspecified atom stereocenters. The molecule has 0 saturated carbocycles. The summed E-state index contributed by atoms with van der Waals surface area (Å²) < 4.78 is 0. The van der Waals surface area contributed by atoms with Crippen molar-refractivity contribution in [3.8, 4) is 0 Å². The minimum absolute atomic E-state index is 0. The number of hydrogen-bond acceptors (Lipinski definition) is 3. The molecule has 0 aliphatic rings. The zero-order valence-corrected chi connectivity index (χ0v) is 14.2. The normalized spacial score (nSPS) is 11.8. The zero-order chi connectivity index (χ0) is 14.3. The second kappa shape index (κ2) is 10.1. The Balaban J connectivity index is 0.00000361. The molecule has 2 N–H and O–H groups in total. The first-order valence-electron chi connectivity index (χ1n) is 6.73. The average Bonchev–Trinajstić information content (AvgIpc) is 2.36. The van der Waals surface area contributed by atoms with Crippen molar-refractivity contribution < 1.29 is 4.79 Å². The van der Waals surface area contributed by atoms with Crippen molar-refractivity contribution in [1.82, 2.24) is 10.6 Å². The zero-order valence-electron chi connectivity index (χ0n) is 12.6. The Morgan fingerprint density at radius 1 is 1.20 bits per heavy atom. The fourth-order valence-electron chi connectivity index (χ4n) is 1.74. The van der Waals surface area contributed by atoms with Crippen molar-refractivity contribution in [1.29, 1.82) is 0 Å². The van der Waals surface area contributed by atoms with E-state index in [-0.39, 0.29) is 24.4 Å². The van der Waals surface area contributed by atoms with Crippen LogP contribution < -0.4 is 10.6 Å². The molecule has 0 saturated heterocycles. The molecule has 0 aliphatic heterocycles. The van der Waals surface area contributed by atoms with Crippen LogP contribution in [0.15, 0.2) is 29.2 Å². The third-order valence-corrected chi connectivity index (χ3v) is 3.75. The molecule has 0 heterocycles. The summed E-state index contributed by atoms with van der Waals surface area (Å²) in [6.07, 6.45) is 0.516. The summed E-state index contributed by atoms with van der Waals surface area (Å²) in [7, 11) is 1.85. The van der Waals surface area contributed by atoms with Crippen molar-refractivity contribution in [3.63, 3.8) is 0 Å². The molecule has 0 fully saturated rings. The summed E-state index contributed by atoms with van der Waals surface area (Å²) in [6, 6.07) is 8.48. The second-order valence-electron chi connectivity index (χ2n) is 4.88. The van der Waals surface area contributed by atoms with Gasteiger partial charge < -0.3 is 10.6 Å². The summed E-state index contributed by atoms with van der Waals surface area (Å²) >= 11 is 1.85. The topological polar surface area (TPSA) is 41.1 Å². The smallest absolute Gasteiger partial charge is 0.221 e. The summed E-state index contributed by atoms with van der Waals surface area (Å²) in [6.45, 7) is 7.09. The van der Waals surface area contributed by atoms with E-state index in [1.54, 1.807) is 0 Å². The van der Waals surface area contributed by atoms with Gasteiger partial charge in [0.25, 0.3) is 0 Å². The van der Waals surface area contributed by atoms with Gasteiger partial charge in [-0.25, -0.2) is 0 Å². The third kappa shape index (κ3) is 7.17. The monoisotopic (exact) mass is 316 g/mol. The van der Waals surface area contributed by atoms with Gasteiger partial charge in [0.15, 0.2) is 0 Å². The van der Waals surface area contributed by atoms with Crippen molar-refractivity contribution >= 4 is 30.1 Å². The molecule has 0 bridgehead atoms. The van der Waals surface area contributed by atoms with E-state index in [1.807, 2.05) is 25.7 Å². The van der Waals surface area contributed by atoms with Gasteiger partial charge in [-0.05, 0) is 31.7 Å². The van der Waals surface area contributed by atoms with Crippen LogP contribution >= 0.6 is 24.2 Å². The molecule has 114 valence electrons. The molecule has 5 heteroatoms. The van der Waals surface area contributed by atoms with Gasteiger partial charge in [-0.15, -0.1) is 24.2 Å². The Morgan fingerprint density at radius 2 is 1.80 bits per heavy atom. The van der Waals surface area contributed by atoms with E-state index in [2.05, 4.69) is 48.7 Å². The fourth-order valence-corrected chi connectivity index (χ4v) is 2.58. The number of amides is 1. The first kappa shape index (κ1) is 19.3. The quantitative estimate of drug-likeness (QED) is 0.758. The number of carbonyl (C=O) groups excluding carboxylic acids is 1. The Hall–Kier alpha value is -0.710. The Kier molecular flexibility index (Phi) is 9.72. The molecule has 1 rings (SSSR count). The van der Waals surface area contributed by atoms with Gasteiger partial charge in [0.1, 0.15) is 0 Å².